The maximum atomic E-state index is 14.1. The number of aliphatic imine (C=N–C) groups is 1. The van der Waals surface area contributed by atoms with Crippen molar-refractivity contribution in [3.05, 3.63) is 113 Å². The summed E-state index contributed by atoms with van der Waals surface area (Å²) in [5.74, 6) is -0.0527. The first-order valence-corrected chi connectivity index (χ1v) is 9.56. The number of nitrogen functional groups attached to an aromatic ring is 1. The monoisotopic (exact) mass is 417 g/mol. The van der Waals surface area contributed by atoms with Gasteiger partial charge in [0, 0.05) is 35.1 Å². The van der Waals surface area contributed by atoms with Crippen molar-refractivity contribution in [2.45, 2.75) is 0 Å². The van der Waals surface area contributed by atoms with Crippen molar-refractivity contribution in [2.75, 3.05) is 5.73 Å². The first-order chi connectivity index (χ1) is 14.6. The normalized spacial score (nSPS) is 10.5. The predicted octanol–water partition coefficient (Wildman–Crippen LogP) is 6.42. The van der Waals surface area contributed by atoms with Crippen LogP contribution in [0.3, 0.4) is 0 Å². The summed E-state index contributed by atoms with van der Waals surface area (Å²) in [5, 5.41) is 0.179. The molecule has 0 atom stereocenters. The lowest BCUT2D eigenvalue weighted by Crippen LogP contribution is -2.03. The van der Waals surface area contributed by atoms with Crippen molar-refractivity contribution in [1.82, 2.24) is 4.98 Å². The maximum Gasteiger partial charge on any atom is 0.175 e. The average Bonchev–Trinajstić information content (AvgIpc) is 2.77. The zero-order valence-electron chi connectivity index (χ0n) is 15.8. The van der Waals surface area contributed by atoms with Crippen LogP contribution in [0.2, 0.25) is 5.02 Å². The highest BCUT2D eigenvalue weighted by molar-refractivity contribution is 6.34. The van der Waals surface area contributed by atoms with E-state index >= 15 is 0 Å². The Hall–Kier alpha value is -3.70. The van der Waals surface area contributed by atoms with Crippen LogP contribution in [-0.2, 0) is 0 Å². The smallest absolute Gasteiger partial charge is 0.175 e. The Morgan fingerprint density at radius 2 is 1.50 bits per heavy atom. The summed E-state index contributed by atoms with van der Waals surface area (Å²) >= 11 is 6.52. The molecular formula is C24H17ClFN3O. The number of nitrogens with zero attached hydrogens (tertiary/aromatic N) is 2. The number of hydrogen-bond donors (Lipinski definition) is 1. The maximum absolute atomic E-state index is 14.1. The van der Waals surface area contributed by atoms with Crippen LogP contribution in [0, 0.1) is 5.82 Å². The Labute approximate surface area is 178 Å². The van der Waals surface area contributed by atoms with Crippen LogP contribution >= 0.6 is 11.6 Å². The van der Waals surface area contributed by atoms with Crippen molar-refractivity contribution < 1.29 is 9.13 Å². The highest BCUT2D eigenvalue weighted by atomic mass is 35.5. The van der Waals surface area contributed by atoms with Crippen LogP contribution in [0.5, 0.6) is 11.5 Å². The molecule has 4 rings (SSSR count). The molecule has 4 aromatic rings. The summed E-state index contributed by atoms with van der Waals surface area (Å²) in [6.07, 6.45) is 1.52. The largest absolute Gasteiger partial charge is 0.453 e. The van der Waals surface area contributed by atoms with Gasteiger partial charge >= 0.3 is 0 Å². The Morgan fingerprint density at radius 3 is 2.10 bits per heavy atom. The molecule has 0 unspecified atom stereocenters. The molecule has 0 radical (unpaired) electrons. The standard InChI is InChI=1S/C24H17ClFN3O/c25-22-21(30-20-12-11-18(27)15-19(20)26)13-14-28-24(22)29-23(16-7-3-1-4-8-16)17-9-5-2-6-10-17/h1-15H,27H2. The molecule has 0 fully saturated rings. The number of benzene rings is 3. The number of rotatable bonds is 5. The Bertz CT molecular complexity index is 1160. The Morgan fingerprint density at radius 1 is 0.867 bits per heavy atom. The molecule has 0 saturated heterocycles. The van der Waals surface area contributed by atoms with Gasteiger partial charge in [0.15, 0.2) is 23.1 Å². The van der Waals surface area contributed by atoms with E-state index in [0.29, 0.717) is 11.4 Å². The number of nitrogens with two attached hydrogens (primary N) is 1. The van der Waals surface area contributed by atoms with E-state index in [0.717, 1.165) is 11.1 Å². The van der Waals surface area contributed by atoms with Crippen molar-refractivity contribution in [3.63, 3.8) is 0 Å². The van der Waals surface area contributed by atoms with Crippen molar-refractivity contribution in [1.29, 1.82) is 0 Å². The second-order valence-electron chi connectivity index (χ2n) is 6.43. The van der Waals surface area contributed by atoms with Gasteiger partial charge in [-0.2, -0.15) is 0 Å². The minimum Gasteiger partial charge on any atom is -0.453 e. The summed E-state index contributed by atoms with van der Waals surface area (Å²) in [7, 11) is 0. The Kier molecular flexibility index (Phi) is 5.72. The molecule has 0 aliphatic carbocycles. The molecule has 0 aliphatic heterocycles. The summed E-state index contributed by atoms with van der Waals surface area (Å²) in [6.45, 7) is 0. The van der Waals surface area contributed by atoms with Crippen LogP contribution in [0.1, 0.15) is 11.1 Å². The Balaban J connectivity index is 1.77. The van der Waals surface area contributed by atoms with Gasteiger partial charge in [-0.25, -0.2) is 14.4 Å². The number of hydrogen-bond acceptors (Lipinski definition) is 4. The summed E-state index contributed by atoms with van der Waals surface area (Å²) in [6, 6.07) is 25.2. The summed E-state index contributed by atoms with van der Waals surface area (Å²) < 4.78 is 19.8. The van der Waals surface area contributed by atoms with Crippen LogP contribution in [0.25, 0.3) is 0 Å². The molecule has 3 aromatic carbocycles. The fourth-order valence-corrected chi connectivity index (χ4v) is 3.08. The molecule has 4 nitrogen and oxygen atoms in total. The fraction of sp³-hybridized carbons (Fsp3) is 0. The molecule has 0 spiro atoms. The third kappa shape index (κ3) is 4.31. The van der Waals surface area contributed by atoms with Gasteiger partial charge in [-0.3, -0.25) is 0 Å². The second-order valence-corrected chi connectivity index (χ2v) is 6.81. The van der Waals surface area contributed by atoms with Gasteiger partial charge in [0.2, 0.25) is 0 Å². The molecule has 0 amide bonds. The molecule has 0 bridgehead atoms. The number of halogens is 2. The third-order valence-corrected chi connectivity index (χ3v) is 4.68. The van der Waals surface area contributed by atoms with E-state index < -0.39 is 5.82 Å². The highest BCUT2D eigenvalue weighted by Gasteiger charge is 2.14. The van der Waals surface area contributed by atoms with E-state index in [1.165, 1.54) is 18.3 Å². The zero-order chi connectivity index (χ0) is 20.9. The molecule has 1 heterocycles. The van der Waals surface area contributed by atoms with Gasteiger partial charge in [0.25, 0.3) is 0 Å². The number of pyridine rings is 1. The van der Waals surface area contributed by atoms with Crippen LogP contribution in [0.4, 0.5) is 15.9 Å². The van der Waals surface area contributed by atoms with E-state index in [9.17, 15) is 4.39 Å². The molecule has 1 aromatic heterocycles. The summed E-state index contributed by atoms with van der Waals surface area (Å²) in [5.41, 5.74) is 8.44. The van der Waals surface area contributed by atoms with Crippen LogP contribution in [-0.4, -0.2) is 10.7 Å². The van der Waals surface area contributed by atoms with E-state index in [-0.39, 0.29) is 22.3 Å². The fourth-order valence-electron chi connectivity index (χ4n) is 2.88. The number of ether oxygens (including phenoxy) is 1. The van der Waals surface area contributed by atoms with Gasteiger partial charge in [0.05, 0.1) is 5.71 Å². The van der Waals surface area contributed by atoms with Gasteiger partial charge in [-0.05, 0) is 12.1 Å². The lowest BCUT2D eigenvalue weighted by Gasteiger charge is -2.11. The molecule has 2 N–H and O–H groups in total. The predicted molar refractivity (Wildman–Crippen MR) is 118 cm³/mol. The lowest BCUT2D eigenvalue weighted by molar-refractivity contribution is 0.442. The van der Waals surface area contributed by atoms with E-state index in [1.807, 2.05) is 60.7 Å². The third-order valence-electron chi connectivity index (χ3n) is 4.32. The van der Waals surface area contributed by atoms with E-state index in [4.69, 9.17) is 27.1 Å². The van der Waals surface area contributed by atoms with E-state index in [2.05, 4.69) is 4.98 Å². The highest BCUT2D eigenvalue weighted by Crippen LogP contribution is 2.36. The van der Waals surface area contributed by atoms with Gasteiger partial charge in [0.1, 0.15) is 5.02 Å². The minimum absolute atomic E-state index is 0.0126. The van der Waals surface area contributed by atoms with Gasteiger partial charge in [-0.1, -0.05) is 72.3 Å². The first-order valence-electron chi connectivity index (χ1n) is 9.19. The number of anilines is 1. The van der Waals surface area contributed by atoms with Crippen molar-refractivity contribution in [3.8, 4) is 11.5 Å². The lowest BCUT2D eigenvalue weighted by atomic mass is 10.0. The van der Waals surface area contributed by atoms with E-state index in [1.54, 1.807) is 12.1 Å². The van der Waals surface area contributed by atoms with Crippen LogP contribution in [0.15, 0.2) is 96.1 Å². The molecule has 30 heavy (non-hydrogen) atoms. The van der Waals surface area contributed by atoms with Crippen molar-refractivity contribution >= 4 is 28.8 Å². The molecule has 148 valence electrons. The first kappa shape index (κ1) is 19.6. The quantitative estimate of drug-likeness (QED) is 0.301. The van der Waals surface area contributed by atoms with Crippen molar-refractivity contribution in [2.24, 2.45) is 4.99 Å². The van der Waals surface area contributed by atoms with Gasteiger partial charge < -0.3 is 10.5 Å². The molecule has 0 saturated carbocycles. The number of aromatic nitrogens is 1. The molecule has 0 aliphatic rings. The van der Waals surface area contributed by atoms with Crippen LogP contribution < -0.4 is 10.5 Å². The SMILES string of the molecule is Nc1ccc(Oc2ccnc(N=C(c3ccccc3)c3ccccc3)c2Cl)c(F)c1. The zero-order valence-corrected chi connectivity index (χ0v) is 16.6. The van der Waals surface area contributed by atoms with Gasteiger partial charge in [-0.15, -0.1) is 0 Å². The summed E-state index contributed by atoms with van der Waals surface area (Å²) in [4.78, 5) is 9.01. The molecular weight excluding hydrogens is 401 g/mol. The molecule has 6 heteroatoms. The topological polar surface area (TPSA) is 60.5 Å². The second kappa shape index (κ2) is 8.76. The minimum atomic E-state index is -0.581. The average molecular weight is 418 g/mol.